The van der Waals surface area contributed by atoms with Crippen molar-refractivity contribution in [2.24, 2.45) is 4.99 Å². The van der Waals surface area contributed by atoms with Crippen molar-refractivity contribution in [1.82, 2.24) is 4.90 Å². The molecule has 158 valence electrons. The number of benzene rings is 2. The molecule has 30 heavy (non-hydrogen) atoms. The van der Waals surface area contributed by atoms with Gasteiger partial charge in [-0.15, -0.1) is 0 Å². The van der Waals surface area contributed by atoms with Crippen molar-refractivity contribution in [3.05, 3.63) is 76.8 Å². The maximum absolute atomic E-state index is 13.1. The number of halogens is 4. The van der Waals surface area contributed by atoms with Crippen LogP contribution in [-0.2, 0) is 11.0 Å². The second-order valence-corrected chi connectivity index (χ2v) is 6.78. The molecule has 1 unspecified atom stereocenters. The summed E-state index contributed by atoms with van der Waals surface area (Å²) in [5.41, 5.74) is 0.0939. The molecule has 2 N–H and O–H groups in total. The number of rotatable bonds is 3. The van der Waals surface area contributed by atoms with Crippen LogP contribution < -0.4 is 5.32 Å². The maximum Gasteiger partial charge on any atom is 0.416 e. The van der Waals surface area contributed by atoms with Crippen molar-refractivity contribution in [3.8, 4) is 0 Å². The number of amidine groups is 1. The van der Waals surface area contributed by atoms with Crippen molar-refractivity contribution < 1.29 is 27.5 Å². The van der Waals surface area contributed by atoms with Gasteiger partial charge in [0.1, 0.15) is 23.0 Å². The molecule has 2 aromatic rings. The van der Waals surface area contributed by atoms with Gasteiger partial charge in [0, 0.05) is 26.2 Å². The van der Waals surface area contributed by atoms with E-state index in [1.54, 1.807) is 0 Å². The average molecular weight is 421 g/mol. The normalized spacial score (nSPS) is 18.1. The molecule has 0 saturated carbocycles. The first-order chi connectivity index (χ1) is 14.1. The van der Waals surface area contributed by atoms with E-state index >= 15 is 0 Å². The molecule has 1 aliphatic heterocycles. The van der Waals surface area contributed by atoms with Crippen molar-refractivity contribution in [3.63, 3.8) is 0 Å². The molecule has 0 bridgehead atoms. The topological polar surface area (TPSA) is 64.9 Å². The number of carbonyl (C=O) groups is 1. The quantitative estimate of drug-likeness (QED) is 0.429. The van der Waals surface area contributed by atoms with Crippen LogP contribution in [-0.4, -0.2) is 35.8 Å². The Morgan fingerprint density at radius 1 is 1.13 bits per heavy atom. The van der Waals surface area contributed by atoms with Crippen LogP contribution in [0.3, 0.4) is 0 Å². The van der Waals surface area contributed by atoms with Gasteiger partial charge in [-0.2, -0.15) is 13.2 Å². The van der Waals surface area contributed by atoms with E-state index in [9.17, 15) is 27.5 Å². The number of carbonyl (C=O) groups excluding carboxylic acids is 1. The van der Waals surface area contributed by atoms with Crippen molar-refractivity contribution in [2.45, 2.75) is 18.6 Å². The highest BCUT2D eigenvalue weighted by atomic mass is 19.4. The Bertz CT molecular complexity index is 996. The van der Waals surface area contributed by atoms with Crippen LogP contribution in [0.2, 0.25) is 0 Å². The van der Waals surface area contributed by atoms with E-state index in [0.29, 0.717) is 11.3 Å². The number of amides is 1. The molecule has 0 aromatic heterocycles. The zero-order valence-corrected chi connectivity index (χ0v) is 16.2. The van der Waals surface area contributed by atoms with E-state index in [0.717, 1.165) is 12.1 Å². The molecular formula is C21H19F4N3O2. The summed E-state index contributed by atoms with van der Waals surface area (Å²) < 4.78 is 51.5. The van der Waals surface area contributed by atoms with E-state index in [1.165, 1.54) is 55.4 Å². The van der Waals surface area contributed by atoms with Gasteiger partial charge in [-0.25, -0.2) is 4.39 Å². The molecule has 0 fully saturated rings. The van der Waals surface area contributed by atoms with Gasteiger partial charge in [-0.1, -0.05) is 12.1 Å². The lowest BCUT2D eigenvalue weighted by molar-refractivity contribution is -0.137. The minimum Gasteiger partial charge on any atom is -0.511 e. The standard InChI is InChI=1S/C21H19F4N3O2/c1-26-19(27-15-9-7-14(22)8-10-15)18-17(29)11-16(28(2)20(18)30)12-3-5-13(6-4-12)21(23,24)25/h3-10,16,29H,11H2,1-2H3,(H,26,27). The molecule has 0 aliphatic carbocycles. The van der Waals surface area contributed by atoms with Gasteiger partial charge in [0.15, 0.2) is 0 Å². The van der Waals surface area contributed by atoms with Gasteiger partial charge in [0.2, 0.25) is 0 Å². The smallest absolute Gasteiger partial charge is 0.416 e. The van der Waals surface area contributed by atoms with E-state index < -0.39 is 29.5 Å². The fourth-order valence-corrected chi connectivity index (χ4v) is 3.24. The Morgan fingerprint density at radius 2 is 1.73 bits per heavy atom. The number of hydrogen-bond acceptors (Lipinski definition) is 3. The summed E-state index contributed by atoms with van der Waals surface area (Å²) >= 11 is 0. The highest BCUT2D eigenvalue weighted by Crippen LogP contribution is 2.35. The number of nitrogens with one attached hydrogen (secondary N) is 1. The minimum atomic E-state index is -4.46. The highest BCUT2D eigenvalue weighted by molar-refractivity contribution is 6.25. The summed E-state index contributed by atoms with van der Waals surface area (Å²) in [6.07, 6.45) is -4.45. The Kier molecular flexibility index (Phi) is 5.82. The summed E-state index contributed by atoms with van der Waals surface area (Å²) in [4.78, 5) is 18.3. The second-order valence-electron chi connectivity index (χ2n) is 6.78. The van der Waals surface area contributed by atoms with E-state index in [2.05, 4.69) is 10.3 Å². The third-order valence-electron chi connectivity index (χ3n) is 4.87. The number of aliphatic hydroxyl groups excluding tert-OH is 1. The molecule has 0 radical (unpaired) electrons. The number of aliphatic hydroxyl groups is 1. The van der Waals surface area contributed by atoms with Gasteiger partial charge < -0.3 is 15.3 Å². The Balaban J connectivity index is 1.88. The van der Waals surface area contributed by atoms with Crippen LogP contribution in [0.1, 0.15) is 23.6 Å². The van der Waals surface area contributed by atoms with Gasteiger partial charge >= 0.3 is 6.18 Å². The monoisotopic (exact) mass is 421 g/mol. The van der Waals surface area contributed by atoms with Crippen LogP contribution >= 0.6 is 0 Å². The predicted octanol–water partition coefficient (Wildman–Crippen LogP) is 4.70. The number of likely N-dealkylation sites (N-methyl/N-ethyl adjacent to an activating group) is 1. The zero-order chi connectivity index (χ0) is 22.1. The first-order valence-electron chi connectivity index (χ1n) is 8.98. The predicted molar refractivity (Wildman–Crippen MR) is 105 cm³/mol. The second kappa shape index (κ2) is 8.17. The first kappa shape index (κ1) is 21.4. The molecule has 5 nitrogen and oxygen atoms in total. The van der Waals surface area contributed by atoms with Gasteiger partial charge in [0.25, 0.3) is 5.91 Å². The van der Waals surface area contributed by atoms with Crippen LogP contribution in [0.4, 0.5) is 23.2 Å². The van der Waals surface area contributed by atoms with Crippen molar-refractivity contribution in [2.75, 3.05) is 19.4 Å². The summed E-state index contributed by atoms with van der Waals surface area (Å²) in [7, 11) is 2.93. The lowest BCUT2D eigenvalue weighted by Crippen LogP contribution is -2.40. The minimum absolute atomic E-state index is 0.00700. The molecule has 1 aliphatic rings. The third-order valence-corrected chi connectivity index (χ3v) is 4.87. The van der Waals surface area contributed by atoms with Crippen LogP contribution in [0.15, 0.2) is 64.9 Å². The summed E-state index contributed by atoms with van der Waals surface area (Å²) in [6.45, 7) is 0. The molecule has 2 aromatic carbocycles. The summed E-state index contributed by atoms with van der Waals surface area (Å²) in [5.74, 6) is -1.11. The van der Waals surface area contributed by atoms with Gasteiger partial charge in [-0.05, 0) is 42.0 Å². The molecule has 3 rings (SSSR count). The van der Waals surface area contributed by atoms with Crippen molar-refractivity contribution >= 4 is 17.4 Å². The number of nitrogens with zero attached hydrogens (tertiary/aromatic N) is 2. The van der Waals surface area contributed by atoms with Crippen LogP contribution in [0.5, 0.6) is 0 Å². The molecule has 9 heteroatoms. The molecule has 1 atom stereocenters. The summed E-state index contributed by atoms with van der Waals surface area (Å²) in [6, 6.07) is 9.23. The first-order valence-corrected chi connectivity index (χ1v) is 8.98. The zero-order valence-electron chi connectivity index (χ0n) is 16.2. The fraction of sp³-hybridized carbons (Fsp3) is 0.238. The third kappa shape index (κ3) is 4.29. The van der Waals surface area contributed by atoms with E-state index in [-0.39, 0.29) is 23.6 Å². The lowest BCUT2D eigenvalue weighted by Gasteiger charge is -2.34. The number of alkyl halides is 3. The highest BCUT2D eigenvalue weighted by Gasteiger charge is 2.36. The van der Waals surface area contributed by atoms with Gasteiger partial charge in [0.05, 0.1) is 11.6 Å². The summed E-state index contributed by atoms with van der Waals surface area (Å²) in [5, 5.41) is 13.4. The van der Waals surface area contributed by atoms with Crippen LogP contribution in [0, 0.1) is 5.82 Å². The van der Waals surface area contributed by atoms with Gasteiger partial charge in [-0.3, -0.25) is 9.79 Å². The van der Waals surface area contributed by atoms with E-state index in [4.69, 9.17) is 0 Å². The molecular weight excluding hydrogens is 402 g/mol. The molecule has 1 amide bonds. The number of hydrogen-bond donors (Lipinski definition) is 2. The molecule has 0 spiro atoms. The Morgan fingerprint density at radius 3 is 2.27 bits per heavy atom. The lowest BCUT2D eigenvalue weighted by atomic mass is 9.93. The largest absolute Gasteiger partial charge is 0.511 e. The molecule has 0 saturated heterocycles. The maximum atomic E-state index is 13.1. The van der Waals surface area contributed by atoms with Crippen LogP contribution in [0.25, 0.3) is 0 Å². The van der Waals surface area contributed by atoms with Crippen molar-refractivity contribution in [1.29, 1.82) is 0 Å². The number of anilines is 1. The Labute approximate surface area is 170 Å². The number of aliphatic imine (C=N–C) groups is 1. The molecule has 1 heterocycles. The van der Waals surface area contributed by atoms with E-state index in [1.807, 2.05) is 0 Å². The fourth-order valence-electron chi connectivity index (χ4n) is 3.24. The Hall–Kier alpha value is -3.36. The SMILES string of the molecule is CN=C(Nc1ccc(F)cc1)C1=C(O)CC(c2ccc(C(F)(F)F)cc2)N(C)C1=O. The average Bonchev–Trinajstić information content (AvgIpc) is 2.71.